The maximum atomic E-state index is 13.6. The molecule has 2 heterocycles. The number of hydrogen-bond donors (Lipinski definition) is 1. The van der Waals surface area contributed by atoms with E-state index in [1.165, 1.54) is 12.4 Å². The number of anilines is 2. The van der Waals surface area contributed by atoms with Crippen LogP contribution in [-0.4, -0.2) is 48.9 Å². The molecule has 0 amide bonds. The van der Waals surface area contributed by atoms with Crippen LogP contribution in [0, 0.1) is 5.82 Å². The van der Waals surface area contributed by atoms with Crippen molar-refractivity contribution in [3.05, 3.63) is 42.5 Å². The first-order valence-corrected chi connectivity index (χ1v) is 8.02. The van der Waals surface area contributed by atoms with E-state index in [-0.39, 0.29) is 17.7 Å². The molecule has 1 aliphatic heterocycles. The molecule has 1 N–H and O–H groups in total. The van der Waals surface area contributed by atoms with Gasteiger partial charge in [-0.15, -0.1) is 0 Å². The van der Waals surface area contributed by atoms with Crippen molar-refractivity contribution in [3.8, 4) is 5.75 Å². The first-order valence-electron chi connectivity index (χ1n) is 8.02. The fraction of sp³-hybridized carbons (Fsp3) is 0.412. The zero-order valence-electron chi connectivity index (χ0n) is 13.6. The Morgan fingerprint density at radius 3 is 2.88 bits per heavy atom. The van der Waals surface area contributed by atoms with Crippen molar-refractivity contribution in [2.45, 2.75) is 13.0 Å². The lowest BCUT2D eigenvalue weighted by Crippen LogP contribution is -2.36. The topological polar surface area (TPSA) is 59.5 Å². The molecule has 128 valence electrons. The van der Waals surface area contributed by atoms with Crippen LogP contribution in [-0.2, 0) is 4.74 Å². The number of ether oxygens (including phenoxy) is 2. The molecule has 1 atom stereocenters. The number of halogens is 1. The van der Waals surface area contributed by atoms with Gasteiger partial charge in [0.05, 0.1) is 19.8 Å². The second-order valence-corrected chi connectivity index (χ2v) is 5.60. The first kappa shape index (κ1) is 16.4. The van der Waals surface area contributed by atoms with Gasteiger partial charge in [0, 0.05) is 19.2 Å². The monoisotopic (exact) mass is 332 g/mol. The van der Waals surface area contributed by atoms with Gasteiger partial charge in [-0.05, 0) is 19.1 Å². The number of para-hydroxylation sites is 1. The molecule has 0 saturated carbocycles. The molecule has 0 bridgehead atoms. The third kappa shape index (κ3) is 4.32. The summed E-state index contributed by atoms with van der Waals surface area (Å²) in [4.78, 5) is 10.7. The summed E-state index contributed by atoms with van der Waals surface area (Å²) in [6, 6.07) is 8.29. The minimum atomic E-state index is -0.360. The van der Waals surface area contributed by atoms with Crippen LogP contribution in [0.3, 0.4) is 0 Å². The Kier molecular flexibility index (Phi) is 5.43. The minimum absolute atomic E-state index is 0.205. The van der Waals surface area contributed by atoms with Gasteiger partial charge in [0.25, 0.3) is 0 Å². The van der Waals surface area contributed by atoms with E-state index in [2.05, 4.69) is 20.2 Å². The van der Waals surface area contributed by atoms with Crippen LogP contribution in [0.15, 0.2) is 36.7 Å². The number of morpholine rings is 1. The van der Waals surface area contributed by atoms with Crippen molar-refractivity contribution in [2.75, 3.05) is 43.1 Å². The van der Waals surface area contributed by atoms with Crippen molar-refractivity contribution in [1.82, 2.24) is 9.97 Å². The molecule has 3 rings (SSSR count). The molecule has 0 spiro atoms. The predicted octanol–water partition coefficient (Wildman–Crippen LogP) is 2.33. The molecular formula is C17H21FN4O2. The maximum absolute atomic E-state index is 13.6. The molecule has 1 saturated heterocycles. The second-order valence-electron chi connectivity index (χ2n) is 5.60. The molecule has 0 radical (unpaired) electrons. The van der Waals surface area contributed by atoms with Gasteiger partial charge in [0.15, 0.2) is 11.6 Å². The van der Waals surface area contributed by atoms with Crippen LogP contribution in [0.4, 0.5) is 16.0 Å². The van der Waals surface area contributed by atoms with Gasteiger partial charge >= 0.3 is 0 Å². The van der Waals surface area contributed by atoms with E-state index in [0.717, 1.165) is 24.7 Å². The largest absolute Gasteiger partial charge is 0.486 e. The molecule has 1 aromatic carbocycles. The Morgan fingerprint density at radius 1 is 1.29 bits per heavy atom. The number of nitrogens with zero attached hydrogens (tertiary/aromatic N) is 3. The SMILES string of the molecule is CC(CNc1cc(N2CCOCC2)ncn1)Oc1ccccc1F. The molecule has 2 aromatic rings. The normalized spacial score (nSPS) is 15.8. The Labute approximate surface area is 140 Å². The first-order chi connectivity index (χ1) is 11.7. The van der Waals surface area contributed by atoms with Crippen LogP contribution in [0.25, 0.3) is 0 Å². The Hall–Kier alpha value is -2.41. The van der Waals surface area contributed by atoms with E-state index in [0.29, 0.717) is 19.8 Å². The molecule has 1 aromatic heterocycles. The van der Waals surface area contributed by atoms with Gasteiger partial charge in [0.2, 0.25) is 0 Å². The van der Waals surface area contributed by atoms with Crippen molar-refractivity contribution in [3.63, 3.8) is 0 Å². The van der Waals surface area contributed by atoms with E-state index in [1.807, 2.05) is 13.0 Å². The van der Waals surface area contributed by atoms with Gasteiger partial charge < -0.3 is 19.7 Å². The van der Waals surface area contributed by atoms with Crippen molar-refractivity contribution < 1.29 is 13.9 Å². The van der Waals surface area contributed by atoms with Crippen LogP contribution < -0.4 is 15.0 Å². The highest BCUT2D eigenvalue weighted by Crippen LogP contribution is 2.18. The summed E-state index contributed by atoms with van der Waals surface area (Å²) in [6.07, 6.45) is 1.33. The fourth-order valence-corrected chi connectivity index (χ4v) is 2.46. The zero-order chi connectivity index (χ0) is 16.8. The summed E-state index contributed by atoms with van der Waals surface area (Å²) < 4.78 is 24.5. The molecular weight excluding hydrogens is 311 g/mol. The van der Waals surface area contributed by atoms with Gasteiger partial charge in [-0.25, -0.2) is 14.4 Å². The summed E-state index contributed by atoms with van der Waals surface area (Å²) in [7, 11) is 0. The quantitative estimate of drug-likeness (QED) is 0.876. The van der Waals surface area contributed by atoms with Crippen LogP contribution in [0.2, 0.25) is 0 Å². The molecule has 1 unspecified atom stereocenters. The smallest absolute Gasteiger partial charge is 0.165 e. The third-order valence-electron chi connectivity index (χ3n) is 3.72. The lowest BCUT2D eigenvalue weighted by molar-refractivity contribution is 0.122. The number of aromatic nitrogens is 2. The van der Waals surface area contributed by atoms with Crippen molar-refractivity contribution in [1.29, 1.82) is 0 Å². The summed E-state index contributed by atoms with van der Waals surface area (Å²) in [6.45, 7) is 5.45. The highest BCUT2D eigenvalue weighted by atomic mass is 19.1. The van der Waals surface area contributed by atoms with E-state index < -0.39 is 0 Å². The third-order valence-corrected chi connectivity index (χ3v) is 3.72. The van der Waals surface area contributed by atoms with Gasteiger partial charge in [-0.1, -0.05) is 12.1 Å². The molecule has 6 nitrogen and oxygen atoms in total. The average Bonchev–Trinajstić information content (AvgIpc) is 2.63. The van der Waals surface area contributed by atoms with Crippen molar-refractivity contribution >= 4 is 11.6 Å². The molecule has 0 aliphatic carbocycles. The lowest BCUT2D eigenvalue weighted by atomic mass is 10.3. The maximum Gasteiger partial charge on any atom is 0.165 e. The Balaban J connectivity index is 1.55. The zero-order valence-corrected chi connectivity index (χ0v) is 13.6. The Morgan fingerprint density at radius 2 is 2.08 bits per heavy atom. The van der Waals surface area contributed by atoms with Crippen LogP contribution >= 0.6 is 0 Å². The number of hydrogen-bond acceptors (Lipinski definition) is 6. The summed E-state index contributed by atoms with van der Waals surface area (Å²) in [5.41, 5.74) is 0. The van der Waals surface area contributed by atoms with E-state index in [1.54, 1.807) is 18.2 Å². The van der Waals surface area contributed by atoms with Gasteiger partial charge in [-0.2, -0.15) is 0 Å². The number of nitrogens with one attached hydrogen (secondary N) is 1. The van der Waals surface area contributed by atoms with E-state index in [9.17, 15) is 4.39 Å². The van der Waals surface area contributed by atoms with Gasteiger partial charge in [-0.3, -0.25) is 0 Å². The minimum Gasteiger partial charge on any atom is -0.486 e. The highest BCUT2D eigenvalue weighted by molar-refractivity contribution is 5.48. The van der Waals surface area contributed by atoms with E-state index >= 15 is 0 Å². The molecule has 7 heteroatoms. The second kappa shape index (κ2) is 7.92. The van der Waals surface area contributed by atoms with Crippen LogP contribution in [0.5, 0.6) is 5.75 Å². The van der Waals surface area contributed by atoms with Crippen molar-refractivity contribution in [2.24, 2.45) is 0 Å². The highest BCUT2D eigenvalue weighted by Gasteiger charge is 2.13. The summed E-state index contributed by atoms with van der Waals surface area (Å²) in [5.74, 6) is 1.48. The van der Waals surface area contributed by atoms with E-state index in [4.69, 9.17) is 9.47 Å². The number of rotatable bonds is 6. The molecule has 24 heavy (non-hydrogen) atoms. The number of benzene rings is 1. The average molecular weight is 332 g/mol. The van der Waals surface area contributed by atoms with Gasteiger partial charge in [0.1, 0.15) is 24.1 Å². The fourth-order valence-electron chi connectivity index (χ4n) is 2.46. The molecule has 1 aliphatic rings. The summed E-state index contributed by atoms with van der Waals surface area (Å²) in [5, 5.41) is 3.21. The predicted molar refractivity (Wildman–Crippen MR) is 90.0 cm³/mol. The van der Waals surface area contributed by atoms with Crippen LogP contribution in [0.1, 0.15) is 6.92 Å². The Bertz CT molecular complexity index is 665. The standard InChI is InChI=1S/C17H21FN4O2/c1-13(24-15-5-3-2-4-14(15)18)11-19-16-10-17(21-12-20-16)22-6-8-23-9-7-22/h2-5,10,12-13H,6-9,11H2,1H3,(H,19,20,21). The lowest BCUT2D eigenvalue weighted by Gasteiger charge is -2.27. The molecule has 1 fully saturated rings. The summed E-state index contributed by atoms with van der Waals surface area (Å²) >= 11 is 0.